The van der Waals surface area contributed by atoms with Gasteiger partial charge in [-0.25, -0.2) is 13.9 Å². The van der Waals surface area contributed by atoms with Crippen LogP contribution in [0, 0.1) is 5.82 Å². The highest BCUT2D eigenvalue weighted by Gasteiger charge is 2.26. The second kappa shape index (κ2) is 10.2. The third-order valence-corrected chi connectivity index (χ3v) is 6.30. The molecule has 0 aliphatic carbocycles. The van der Waals surface area contributed by atoms with E-state index in [9.17, 15) is 9.18 Å². The molecule has 2 amide bonds. The third kappa shape index (κ3) is 5.12. The SMILES string of the molecule is C[C@H](CO)NSc1ccc(CNC(=O)N2CCCc3c2cnn3-c2ccc(F)cc2)cc1. The lowest BCUT2D eigenvalue weighted by molar-refractivity contribution is 0.245. The molecule has 0 spiro atoms. The van der Waals surface area contributed by atoms with Crippen LogP contribution in [0.4, 0.5) is 14.9 Å². The molecule has 0 unspecified atom stereocenters. The van der Waals surface area contributed by atoms with Crippen LogP contribution in [0.15, 0.2) is 59.6 Å². The van der Waals surface area contributed by atoms with Crippen molar-refractivity contribution in [1.29, 1.82) is 0 Å². The van der Waals surface area contributed by atoms with Crippen molar-refractivity contribution in [2.45, 2.75) is 37.2 Å². The van der Waals surface area contributed by atoms with Gasteiger partial charge in [0.05, 0.1) is 29.9 Å². The molecule has 2 aromatic carbocycles. The highest BCUT2D eigenvalue weighted by Crippen LogP contribution is 2.29. The second-order valence-corrected chi connectivity index (χ2v) is 8.64. The number of aliphatic hydroxyl groups excluding tert-OH is 1. The summed E-state index contributed by atoms with van der Waals surface area (Å²) in [5.74, 6) is -0.293. The standard InChI is InChI=1S/C23H26FN5O2S/c1-16(15-30)27-32-20-10-4-17(5-11-20)13-25-23(31)28-12-2-3-21-22(28)14-26-29(21)19-8-6-18(24)7-9-19/h4-11,14,16,27,30H,2-3,12-13,15H2,1H3,(H,25,31)/t16-/m1/s1. The van der Waals surface area contributed by atoms with E-state index in [2.05, 4.69) is 15.1 Å². The van der Waals surface area contributed by atoms with Crippen molar-refractivity contribution < 1.29 is 14.3 Å². The van der Waals surface area contributed by atoms with E-state index in [4.69, 9.17) is 5.11 Å². The van der Waals surface area contributed by atoms with Gasteiger partial charge in [0.15, 0.2) is 0 Å². The first-order valence-corrected chi connectivity index (χ1v) is 11.4. The van der Waals surface area contributed by atoms with Crippen molar-refractivity contribution in [3.8, 4) is 5.69 Å². The average Bonchev–Trinajstić information content (AvgIpc) is 3.26. The number of aromatic nitrogens is 2. The summed E-state index contributed by atoms with van der Waals surface area (Å²) in [6, 6.07) is 13.9. The molecule has 0 fully saturated rings. The van der Waals surface area contributed by atoms with E-state index in [0.29, 0.717) is 13.1 Å². The van der Waals surface area contributed by atoms with Crippen LogP contribution in [0.1, 0.15) is 24.6 Å². The molecule has 32 heavy (non-hydrogen) atoms. The van der Waals surface area contributed by atoms with Gasteiger partial charge in [0.1, 0.15) is 5.82 Å². The van der Waals surface area contributed by atoms with Gasteiger partial charge in [0.25, 0.3) is 0 Å². The number of nitrogens with one attached hydrogen (secondary N) is 2. The van der Waals surface area contributed by atoms with E-state index < -0.39 is 0 Å². The number of carbonyl (C=O) groups is 1. The van der Waals surface area contributed by atoms with Gasteiger partial charge >= 0.3 is 6.03 Å². The number of anilines is 1. The molecule has 3 N–H and O–H groups in total. The smallest absolute Gasteiger partial charge is 0.322 e. The van der Waals surface area contributed by atoms with Crippen molar-refractivity contribution in [3.05, 3.63) is 71.8 Å². The van der Waals surface area contributed by atoms with Gasteiger partial charge in [-0.1, -0.05) is 12.1 Å². The molecule has 4 rings (SSSR count). The van der Waals surface area contributed by atoms with Crippen LogP contribution < -0.4 is 14.9 Å². The Bertz CT molecular complexity index is 1060. The van der Waals surface area contributed by atoms with E-state index >= 15 is 0 Å². The van der Waals surface area contributed by atoms with Crippen LogP contribution in [0.2, 0.25) is 0 Å². The molecule has 0 saturated carbocycles. The van der Waals surface area contributed by atoms with E-state index in [0.717, 1.165) is 40.4 Å². The van der Waals surface area contributed by atoms with E-state index in [-0.39, 0.29) is 24.5 Å². The normalized spacial score (nSPS) is 14.2. The molecule has 1 aliphatic heterocycles. The molecule has 0 radical (unpaired) electrons. The molecule has 7 nitrogen and oxygen atoms in total. The molecule has 2 heterocycles. The van der Waals surface area contributed by atoms with Crippen molar-refractivity contribution in [1.82, 2.24) is 19.8 Å². The highest BCUT2D eigenvalue weighted by atomic mass is 32.2. The maximum atomic E-state index is 13.3. The third-order valence-electron chi connectivity index (χ3n) is 5.27. The van der Waals surface area contributed by atoms with E-state index in [1.165, 1.54) is 24.1 Å². The molecule has 1 aliphatic rings. The van der Waals surface area contributed by atoms with Crippen LogP contribution in [-0.4, -0.2) is 40.1 Å². The maximum absolute atomic E-state index is 13.3. The average molecular weight is 456 g/mol. The zero-order valence-electron chi connectivity index (χ0n) is 17.8. The summed E-state index contributed by atoms with van der Waals surface area (Å²) in [5.41, 5.74) is 3.51. The summed E-state index contributed by atoms with van der Waals surface area (Å²) in [4.78, 5) is 15.6. The molecular weight excluding hydrogens is 429 g/mol. The zero-order valence-corrected chi connectivity index (χ0v) is 18.6. The quantitative estimate of drug-likeness (QED) is 0.474. The van der Waals surface area contributed by atoms with Gasteiger partial charge in [0.2, 0.25) is 0 Å². The molecule has 0 bridgehead atoms. The topological polar surface area (TPSA) is 82.4 Å². The number of rotatable bonds is 7. The Morgan fingerprint density at radius 2 is 1.97 bits per heavy atom. The maximum Gasteiger partial charge on any atom is 0.322 e. The molecule has 1 atom stereocenters. The molecule has 9 heteroatoms. The van der Waals surface area contributed by atoms with E-state index in [1.807, 2.05) is 31.2 Å². The summed E-state index contributed by atoms with van der Waals surface area (Å²) in [7, 11) is 0. The number of aliphatic hydroxyl groups is 1. The minimum Gasteiger partial charge on any atom is -0.395 e. The number of benzene rings is 2. The van der Waals surface area contributed by atoms with Crippen LogP contribution in [0.3, 0.4) is 0 Å². The Kier molecular flexibility index (Phi) is 7.09. The first kappa shape index (κ1) is 22.3. The number of urea groups is 1. The summed E-state index contributed by atoms with van der Waals surface area (Å²) < 4.78 is 18.2. The van der Waals surface area contributed by atoms with Gasteiger partial charge in [-0.2, -0.15) is 5.10 Å². The Hall–Kier alpha value is -2.88. The lowest BCUT2D eigenvalue weighted by Crippen LogP contribution is -2.42. The van der Waals surface area contributed by atoms with Crippen LogP contribution in [0.5, 0.6) is 0 Å². The fourth-order valence-corrected chi connectivity index (χ4v) is 4.20. The number of hydrogen-bond acceptors (Lipinski definition) is 5. The summed E-state index contributed by atoms with van der Waals surface area (Å²) in [5, 5.41) is 16.5. The number of fused-ring (bicyclic) bond motifs is 1. The van der Waals surface area contributed by atoms with Gasteiger partial charge < -0.3 is 10.4 Å². The van der Waals surface area contributed by atoms with Crippen molar-refractivity contribution in [3.63, 3.8) is 0 Å². The second-order valence-electron chi connectivity index (χ2n) is 7.73. The number of halogens is 1. The Morgan fingerprint density at radius 1 is 1.22 bits per heavy atom. The van der Waals surface area contributed by atoms with E-state index in [1.54, 1.807) is 27.9 Å². The van der Waals surface area contributed by atoms with Gasteiger partial charge in [-0.05, 0) is 73.7 Å². The van der Waals surface area contributed by atoms with Crippen molar-refractivity contribution in [2.75, 3.05) is 18.1 Å². The van der Waals surface area contributed by atoms with Gasteiger partial charge in [0, 0.05) is 24.0 Å². The van der Waals surface area contributed by atoms with Gasteiger partial charge in [-0.3, -0.25) is 9.62 Å². The number of nitrogens with zero attached hydrogens (tertiary/aromatic N) is 3. The lowest BCUT2D eigenvalue weighted by atomic mass is 10.1. The first-order chi connectivity index (χ1) is 15.5. The minimum atomic E-state index is -0.293. The minimum absolute atomic E-state index is 0.0146. The largest absolute Gasteiger partial charge is 0.395 e. The molecular formula is C23H26FN5O2S. The molecule has 168 valence electrons. The summed E-state index contributed by atoms with van der Waals surface area (Å²) in [6.45, 7) is 3.03. The van der Waals surface area contributed by atoms with Gasteiger partial charge in [-0.15, -0.1) is 0 Å². The monoisotopic (exact) mass is 455 g/mol. The highest BCUT2D eigenvalue weighted by molar-refractivity contribution is 7.97. The molecule has 1 aromatic heterocycles. The number of amides is 2. The first-order valence-electron chi connectivity index (χ1n) is 10.6. The molecule has 0 saturated heterocycles. The van der Waals surface area contributed by atoms with Crippen LogP contribution >= 0.6 is 11.9 Å². The summed E-state index contributed by atoms with van der Waals surface area (Å²) in [6.07, 6.45) is 3.33. The number of carbonyl (C=O) groups excluding carboxylic acids is 1. The Morgan fingerprint density at radius 3 is 2.69 bits per heavy atom. The fourth-order valence-electron chi connectivity index (χ4n) is 3.52. The Balaban J connectivity index is 1.38. The van der Waals surface area contributed by atoms with Crippen molar-refractivity contribution >= 4 is 23.7 Å². The van der Waals surface area contributed by atoms with Crippen LogP contribution in [0.25, 0.3) is 5.69 Å². The molecule has 3 aromatic rings. The lowest BCUT2D eigenvalue weighted by Gasteiger charge is -2.27. The fraction of sp³-hybridized carbons (Fsp3) is 0.304. The number of hydrogen-bond donors (Lipinski definition) is 3. The van der Waals surface area contributed by atoms with Crippen molar-refractivity contribution in [2.24, 2.45) is 0 Å². The Labute approximate surface area is 190 Å². The summed E-state index contributed by atoms with van der Waals surface area (Å²) >= 11 is 1.47. The predicted molar refractivity (Wildman–Crippen MR) is 123 cm³/mol. The van der Waals surface area contributed by atoms with Crippen LogP contribution in [-0.2, 0) is 13.0 Å². The predicted octanol–water partition coefficient (Wildman–Crippen LogP) is 3.65. The zero-order chi connectivity index (χ0) is 22.5.